The van der Waals surface area contributed by atoms with E-state index in [4.69, 9.17) is 5.11 Å². The molecule has 0 bridgehead atoms. The Labute approximate surface area is 89.7 Å². The van der Waals surface area contributed by atoms with Crippen LogP contribution in [0.25, 0.3) is 0 Å². The van der Waals surface area contributed by atoms with Gasteiger partial charge in [-0.1, -0.05) is 51.9 Å². The van der Waals surface area contributed by atoms with Crippen molar-refractivity contribution in [1.29, 1.82) is 0 Å². The average molecular weight is 259 g/mol. The Morgan fingerprint density at radius 2 is 1.17 bits per heavy atom. The largest absolute Gasteiger partial charge is 0.396 e. The van der Waals surface area contributed by atoms with Gasteiger partial charge in [-0.05, 0) is 6.42 Å². The molecule has 0 aromatic rings. The van der Waals surface area contributed by atoms with E-state index in [-0.39, 0.29) is 19.5 Å². The molecular formula is C10H22ORu. The maximum absolute atomic E-state index is 8.51. The fourth-order valence-electron chi connectivity index (χ4n) is 1.25. The van der Waals surface area contributed by atoms with Gasteiger partial charge in [-0.25, -0.2) is 0 Å². The van der Waals surface area contributed by atoms with Crippen molar-refractivity contribution in [2.75, 3.05) is 6.61 Å². The van der Waals surface area contributed by atoms with E-state index < -0.39 is 0 Å². The minimum absolute atomic E-state index is 0. The van der Waals surface area contributed by atoms with Gasteiger partial charge in [0.2, 0.25) is 0 Å². The Morgan fingerprint density at radius 3 is 1.58 bits per heavy atom. The molecule has 0 saturated heterocycles. The van der Waals surface area contributed by atoms with Crippen molar-refractivity contribution in [2.24, 2.45) is 0 Å². The van der Waals surface area contributed by atoms with E-state index in [1.165, 1.54) is 44.9 Å². The van der Waals surface area contributed by atoms with Gasteiger partial charge >= 0.3 is 0 Å². The summed E-state index contributed by atoms with van der Waals surface area (Å²) < 4.78 is 0. The maximum Gasteiger partial charge on any atom is 0.0431 e. The third-order valence-electron chi connectivity index (χ3n) is 2.01. The summed E-state index contributed by atoms with van der Waals surface area (Å²) in [6.07, 6.45) is 10.4. The molecule has 1 nitrogen and oxygen atoms in total. The molecule has 0 fully saturated rings. The first-order chi connectivity index (χ1) is 5.41. The Bertz CT molecular complexity index is 58.9. The van der Waals surface area contributed by atoms with Crippen molar-refractivity contribution in [1.82, 2.24) is 0 Å². The van der Waals surface area contributed by atoms with Crippen LogP contribution in [0.3, 0.4) is 0 Å². The van der Waals surface area contributed by atoms with Crippen LogP contribution < -0.4 is 0 Å². The molecule has 12 heavy (non-hydrogen) atoms. The molecule has 0 unspecified atom stereocenters. The van der Waals surface area contributed by atoms with E-state index in [0.29, 0.717) is 6.61 Å². The van der Waals surface area contributed by atoms with Crippen LogP contribution in [0.15, 0.2) is 0 Å². The van der Waals surface area contributed by atoms with Gasteiger partial charge in [-0.2, -0.15) is 0 Å². The van der Waals surface area contributed by atoms with Gasteiger partial charge in [-0.15, -0.1) is 0 Å². The average Bonchev–Trinajstić information content (AvgIpc) is 2.03. The predicted molar refractivity (Wildman–Crippen MR) is 49.7 cm³/mol. The minimum Gasteiger partial charge on any atom is -0.396 e. The number of rotatable bonds is 8. The van der Waals surface area contributed by atoms with Gasteiger partial charge in [-0.3, -0.25) is 0 Å². The fraction of sp³-hybridized carbons (Fsp3) is 1.00. The van der Waals surface area contributed by atoms with Crippen LogP contribution in [-0.2, 0) is 19.5 Å². The first kappa shape index (κ1) is 15.1. The maximum atomic E-state index is 8.51. The first-order valence-electron chi connectivity index (χ1n) is 5.02. The zero-order valence-corrected chi connectivity index (χ0v) is 9.90. The first-order valence-corrected chi connectivity index (χ1v) is 5.02. The molecular weight excluding hydrogens is 237 g/mol. The number of hydrogen-bond donors (Lipinski definition) is 1. The zero-order chi connectivity index (χ0) is 8.36. The molecule has 0 atom stereocenters. The summed E-state index contributed by atoms with van der Waals surface area (Å²) in [5.41, 5.74) is 0. The number of aliphatic hydroxyl groups excluding tert-OH is 1. The third kappa shape index (κ3) is 13.2. The summed E-state index contributed by atoms with van der Waals surface area (Å²) in [6, 6.07) is 0. The SMILES string of the molecule is CCCCCCCCCCO.[Ru]. The van der Waals surface area contributed by atoms with Crippen LogP contribution >= 0.6 is 0 Å². The Kier molecular flexibility index (Phi) is 17.7. The molecule has 0 aliphatic heterocycles. The van der Waals surface area contributed by atoms with Gasteiger partial charge in [0.05, 0.1) is 0 Å². The van der Waals surface area contributed by atoms with Crippen molar-refractivity contribution < 1.29 is 24.6 Å². The van der Waals surface area contributed by atoms with Gasteiger partial charge in [0.1, 0.15) is 0 Å². The summed E-state index contributed by atoms with van der Waals surface area (Å²) >= 11 is 0. The van der Waals surface area contributed by atoms with Gasteiger partial charge in [0.15, 0.2) is 0 Å². The molecule has 0 aromatic heterocycles. The van der Waals surface area contributed by atoms with Crippen molar-refractivity contribution in [3.63, 3.8) is 0 Å². The van der Waals surface area contributed by atoms with Crippen molar-refractivity contribution >= 4 is 0 Å². The van der Waals surface area contributed by atoms with E-state index in [1.807, 2.05) is 0 Å². The van der Waals surface area contributed by atoms with Crippen LogP contribution in [0.5, 0.6) is 0 Å². The fourth-order valence-corrected chi connectivity index (χ4v) is 1.25. The standard InChI is InChI=1S/C10H22O.Ru/c1-2-3-4-5-6-7-8-9-10-11;/h11H,2-10H2,1H3;. The molecule has 0 heterocycles. The van der Waals surface area contributed by atoms with Gasteiger partial charge in [0, 0.05) is 26.1 Å². The van der Waals surface area contributed by atoms with E-state index in [9.17, 15) is 0 Å². The summed E-state index contributed by atoms with van der Waals surface area (Å²) in [6.45, 7) is 2.61. The molecule has 0 aromatic carbocycles. The van der Waals surface area contributed by atoms with Crippen LogP contribution in [0.1, 0.15) is 58.3 Å². The van der Waals surface area contributed by atoms with Crippen molar-refractivity contribution in [2.45, 2.75) is 58.3 Å². The van der Waals surface area contributed by atoms with E-state index in [2.05, 4.69) is 6.92 Å². The molecule has 0 radical (unpaired) electrons. The van der Waals surface area contributed by atoms with Crippen LogP contribution in [-0.4, -0.2) is 11.7 Å². The Hall–Kier alpha value is 0.583. The molecule has 1 N–H and O–H groups in total. The number of unbranched alkanes of at least 4 members (excludes halogenated alkanes) is 7. The molecule has 0 rings (SSSR count). The van der Waals surface area contributed by atoms with Crippen LogP contribution in [0, 0.1) is 0 Å². The molecule has 0 aliphatic carbocycles. The van der Waals surface area contributed by atoms with E-state index in [0.717, 1.165) is 6.42 Å². The molecule has 0 amide bonds. The second kappa shape index (κ2) is 14.1. The second-order valence-corrected chi connectivity index (χ2v) is 3.20. The predicted octanol–water partition coefficient (Wildman–Crippen LogP) is 3.12. The second-order valence-electron chi connectivity index (χ2n) is 3.20. The summed E-state index contributed by atoms with van der Waals surface area (Å²) in [7, 11) is 0. The smallest absolute Gasteiger partial charge is 0.0431 e. The third-order valence-corrected chi connectivity index (χ3v) is 2.01. The topological polar surface area (TPSA) is 20.2 Å². The van der Waals surface area contributed by atoms with Crippen molar-refractivity contribution in [3.8, 4) is 0 Å². The van der Waals surface area contributed by atoms with Gasteiger partial charge in [0.25, 0.3) is 0 Å². The molecule has 0 spiro atoms. The molecule has 0 aliphatic rings. The van der Waals surface area contributed by atoms with Gasteiger partial charge < -0.3 is 5.11 Å². The zero-order valence-electron chi connectivity index (χ0n) is 8.16. The quantitative estimate of drug-likeness (QED) is 0.524. The Morgan fingerprint density at radius 1 is 0.750 bits per heavy atom. The Balaban J connectivity index is 0. The minimum atomic E-state index is 0. The monoisotopic (exact) mass is 260 g/mol. The summed E-state index contributed by atoms with van der Waals surface area (Å²) in [5.74, 6) is 0. The normalized spacial score (nSPS) is 9.50. The van der Waals surface area contributed by atoms with E-state index >= 15 is 0 Å². The van der Waals surface area contributed by atoms with Crippen LogP contribution in [0.2, 0.25) is 0 Å². The summed E-state index contributed by atoms with van der Waals surface area (Å²) in [5, 5.41) is 8.51. The molecule has 2 heteroatoms. The van der Waals surface area contributed by atoms with Crippen molar-refractivity contribution in [3.05, 3.63) is 0 Å². The molecule has 0 saturated carbocycles. The molecule has 76 valence electrons. The number of hydrogen-bond acceptors (Lipinski definition) is 1. The number of aliphatic hydroxyl groups is 1. The van der Waals surface area contributed by atoms with Crippen LogP contribution in [0.4, 0.5) is 0 Å². The van der Waals surface area contributed by atoms with E-state index in [1.54, 1.807) is 0 Å². The summed E-state index contributed by atoms with van der Waals surface area (Å²) in [4.78, 5) is 0.